The molecule has 0 aromatic carbocycles. The monoisotopic (exact) mass is 264 g/mol. The van der Waals surface area contributed by atoms with E-state index in [9.17, 15) is 4.39 Å². The minimum atomic E-state index is -0.535. The number of nitrogens with two attached hydrogens (primary N) is 1. The Hall–Kier alpha value is -1.87. The maximum Gasteiger partial charge on any atom is 0.233 e. The maximum absolute atomic E-state index is 13.8. The number of pyridine rings is 1. The number of rotatable bonds is 3. The molecule has 0 unspecified atom stereocenters. The van der Waals surface area contributed by atoms with Crippen LogP contribution in [-0.4, -0.2) is 24.2 Å². The highest BCUT2D eigenvalue weighted by atomic mass is 19.1. The second-order valence-corrected chi connectivity index (χ2v) is 4.74. The number of halogens is 1. The van der Waals surface area contributed by atoms with Gasteiger partial charge in [-0.3, -0.25) is 0 Å². The molecule has 0 atom stereocenters. The van der Waals surface area contributed by atoms with Gasteiger partial charge in [-0.2, -0.15) is 10.2 Å². The van der Waals surface area contributed by atoms with Crippen molar-refractivity contribution in [1.29, 1.82) is 5.26 Å². The summed E-state index contributed by atoms with van der Waals surface area (Å²) in [6.45, 7) is 0. The van der Waals surface area contributed by atoms with E-state index in [1.165, 1.54) is 7.11 Å². The number of anilines is 1. The van der Waals surface area contributed by atoms with Gasteiger partial charge in [0.1, 0.15) is 11.6 Å². The Balaban J connectivity index is 2.14. The van der Waals surface area contributed by atoms with Gasteiger partial charge in [-0.1, -0.05) is 0 Å². The lowest BCUT2D eigenvalue weighted by Crippen LogP contribution is -2.33. The van der Waals surface area contributed by atoms with Gasteiger partial charge in [0.05, 0.1) is 7.11 Å². The molecule has 1 heterocycles. The van der Waals surface area contributed by atoms with Crippen molar-refractivity contribution in [3.05, 3.63) is 17.4 Å². The van der Waals surface area contributed by atoms with Gasteiger partial charge >= 0.3 is 0 Å². The van der Waals surface area contributed by atoms with Crippen molar-refractivity contribution in [2.75, 3.05) is 12.4 Å². The van der Waals surface area contributed by atoms with Crippen molar-refractivity contribution in [1.82, 2.24) is 4.98 Å². The fraction of sp³-hybridized carbons (Fsp3) is 0.538. The van der Waals surface area contributed by atoms with Gasteiger partial charge in [-0.05, 0) is 25.7 Å². The average molecular weight is 264 g/mol. The number of aromatic nitrogens is 1. The van der Waals surface area contributed by atoms with Gasteiger partial charge < -0.3 is 15.8 Å². The Morgan fingerprint density at radius 1 is 1.47 bits per heavy atom. The van der Waals surface area contributed by atoms with Crippen LogP contribution in [-0.2, 0) is 0 Å². The number of methoxy groups -OCH3 is 1. The number of ether oxygens (including phenoxy) is 1. The lowest BCUT2D eigenvalue weighted by Gasteiger charge is -2.27. The highest BCUT2D eigenvalue weighted by molar-refractivity contribution is 5.48. The summed E-state index contributed by atoms with van der Waals surface area (Å²) < 4.78 is 18.8. The molecular weight excluding hydrogens is 247 g/mol. The first-order valence-corrected chi connectivity index (χ1v) is 6.30. The summed E-state index contributed by atoms with van der Waals surface area (Å²) in [4.78, 5) is 4.01. The van der Waals surface area contributed by atoms with Crippen LogP contribution in [0.3, 0.4) is 0 Å². The lowest BCUT2D eigenvalue weighted by molar-refractivity contribution is 0.391. The SMILES string of the molecule is COc1nc(NC2CCC(N)CC2)c(F)cc1C#N. The molecule has 1 aromatic rings. The number of hydrogen-bond acceptors (Lipinski definition) is 5. The lowest BCUT2D eigenvalue weighted by atomic mass is 9.92. The molecule has 0 spiro atoms. The van der Waals surface area contributed by atoms with Gasteiger partial charge in [0.25, 0.3) is 0 Å². The smallest absolute Gasteiger partial charge is 0.233 e. The van der Waals surface area contributed by atoms with Crippen molar-refractivity contribution >= 4 is 5.82 Å². The van der Waals surface area contributed by atoms with Crippen molar-refractivity contribution in [3.63, 3.8) is 0 Å². The number of nitrogens with one attached hydrogen (secondary N) is 1. The Morgan fingerprint density at radius 2 is 2.16 bits per heavy atom. The van der Waals surface area contributed by atoms with E-state index in [-0.39, 0.29) is 29.3 Å². The Labute approximate surface area is 111 Å². The summed E-state index contributed by atoms with van der Waals surface area (Å²) in [6.07, 6.45) is 3.63. The predicted molar refractivity (Wildman–Crippen MR) is 69.3 cm³/mol. The van der Waals surface area contributed by atoms with Crippen molar-refractivity contribution < 1.29 is 9.13 Å². The molecule has 0 aliphatic heterocycles. The Morgan fingerprint density at radius 3 is 2.74 bits per heavy atom. The molecule has 0 saturated heterocycles. The van der Waals surface area contributed by atoms with Gasteiger partial charge in [-0.25, -0.2) is 4.39 Å². The molecule has 5 nitrogen and oxygen atoms in total. The maximum atomic E-state index is 13.8. The van der Waals surface area contributed by atoms with Crippen LogP contribution in [0.5, 0.6) is 5.88 Å². The molecule has 2 rings (SSSR count). The molecule has 1 aliphatic rings. The van der Waals surface area contributed by atoms with Crippen molar-refractivity contribution in [2.45, 2.75) is 37.8 Å². The number of hydrogen-bond donors (Lipinski definition) is 2. The summed E-state index contributed by atoms with van der Waals surface area (Å²) in [6, 6.07) is 3.40. The molecule has 1 aromatic heterocycles. The number of nitrogens with zero attached hydrogens (tertiary/aromatic N) is 2. The largest absolute Gasteiger partial charge is 0.480 e. The molecule has 0 radical (unpaired) electrons. The van der Waals surface area contributed by atoms with E-state index < -0.39 is 5.82 Å². The minimum Gasteiger partial charge on any atom is -0.480 e. The summed E-state index contributed by atoms with van der Waals surface area (Å²) >= 11 is 0. The molecule has 6 heteroatoms. The van der Waals surface area contributed by atoms with E-state index in [0.29, 0.717) is 0 Å². The van der Waals surface area contributed by atoms with E-state index in [2.05, 4.69) is 10.3 Å². The topological polar surface area (TPSA) is 84.0 Å². The van der Waals surface area contributed by atoms with Crippen LogP contribution < -0.4 is 15.8 Å². The van der Waals surface area contributed by atoms with Gasteiger partial charge in [0.15, 0.2) is 11.6 Å². The molecule has 1 aliphatic carbocycles. The predicted octanol–water partition coefficient (Wildman–Crippen LogP) is 1.78. The van der Waals surface area contributed by atoms with Crippen LogP contribution in [0.4, 0.5) is 10.2 Å². The van der Waals surface area contributed by atoms with Gasteiger partial charge in [-0.15, -0.1) is 0 Å². The Bertz CT molecular complexity index is 492. The first kappa shape index (κ1) is 13.6. The molecule has 3 N–H and O–H groups in total. The molecule has 1 fully saturated rings. The van der Waals surface area contributed by atoms with Crippen molar-refractivity contribution in [3.8, 4) is 11.9 Å². The summed E-state index contributed by atoms with van der Waals surface area (Å²) in [7, 11) is 1.41. The average Bonchev–Trinajstić information content (AvgIpc) is 2.43. The normalized spacial score (nSPS) is 22.6. The fourth-order valence-corrected chi connectivity index (χ4v) is 2.27. The Kier molecular flexibility index (Phi) is 4.17. The molecular formula is C13H17FN4O. The third-order valence-corrected chi connectivity index (χ3v) is 3.37. The molecule has 102 valence electrons. The van der Waals surface area contributed by atoms with E-state index in [0.717, 1.165) is 31.7 Å². The van der Waals surface area contributed by atoms with E-state index in [4.69, 9.17) is 15.7 Å². The first-order chi connectivity index (χ1) is 9.13. The zero-order valence-corrected chi connectivity index (χ0v) is 10.8. The van der Waals surface area contributed by atoms with Crippen LogP contribution >= 0.6 is 0 Å². The van der Waals surface area contributed by atoms with Gasteiger partial charge in [0, 0.05) is 18.2 Å². The van der Waals surface area contributed by atoms with E-state index >= 15 is 0 Å². The number of nitriles is 1. The highest BCUT2D eigenvalue weighted by Gasteiger charge is 2.21. The zero-order chi connectivity index (χ0) is 13.8. The third kappa shape index (κ3) is 3.12. The molecule has 19 heavy (non-hydrogen) atoms. The first-order valence-electron chi connectivity index (χ1n) is 6.30. The van der Waals surface area contributed by atoms with E-state index in [1.54, 1.807) is 0 Å². The van der Waals surface area contributed by atoms with Crippen LogP contribution in [0, 0.1) is 17.1 Å². The highest BCUT2D eigenvalue weighted by Crippen LogP contribution is 2.25. The second kappa shape index (κ2) is 5.85. The van der Waals surface area contributed by atoms with Crippen LogP contribution in [0.15, 0.2) is 6.07 Å². The third-order valence-electron chi connectivity index (χ3n) is 3.37. The zero-order valence-electron chi connectivity index (χ0n) is 10.8. The molecule has 0 amide bonds. The molecule has 0 bridgehead atoms. The fourth-order valence-electron chi connectivity index (χ4n) is 2.27. The second-order valence-electron chi connectivity index (χ2n) is 4.74. The summed E-state index contributed by atoms with van der Waals surface area (Å²) in [5.74, 6) is -0.262. The quantitative estimate of drug-likeness (QED) is 0.869. The van der Waals surface area contributed by atoms with Gasteiger partial charge in [0.2, 0.25) is 5.88 Å². The van der Waals surface area contributed by atoms with Crippen molar-refractivity contribution in [2.24, 2.45) is 5.73 Å². The minimum absolute atomic E-state index is 0.0937. The van der Waals surface area contributed by atoms with Crippen LogP contribution in [0.1, 0.15) is 31.2 Å². The standard InChI is InChI=1S/C13H17FN4O/c1-19-13-8(7-15)6-11(14)12(18-13)17-10-4-2-9(16)3-5-10/h6,9-10H,2-5,16H2,1H3,(H,17,18). The molecule has 1 saturated carbocycles. The van der Waals surface area contributed by atoms with E-state index in [1.807, 2.05) is 6.07 Å². The van der Waals surface area contributed by atoms with Crippen LogP contribution in [0.25, 0.3) is 0 Å². The summed E-state index contributed by atoms with van der Waals surface area (Å²) in [5.41, 5.74) is 5.92. The van der Waals surface area contributed by atoms with Crippen LogP contribution in [0.2, 0.25) is 0 Å². The summed E-state index contributed by atoms with van der Waals surface area (Å²) in [5, 5.41) is 11.9.